The van der Waals surface area contributed by atoms with E-state index in [9.17, 15) is 18.0 Å². The first-order valence-corrected chi connectivity index (χ1v) is 6.49. The molecule has 19 heavy (non-hydrogen) atoms. The van der Waals surface area contributed by atoms with Crippen LogP contribution in [0.5, 0.6) is 0 Å². The maximum Gasteiger partial charge on any atom is 0.431 e. The maximum atomic E-state index is 12.8. The lowest BCUT2D eigenvalue weighted by Gasteiger charge is -2.17. The molecule has 0 amide bonds. The molecule has 0 radical (unpaired) electrons. The third-order valence-corrected chi connectivity index (χ3v) is 3.46. The van der Waals surface area contributed by atoms with E-state index >= 15 is 0 Å². The minimum atomic E-state index is -4.49. The van der Waals surface area contributed by atoms with E-state index in [2.05, 4.69) is 5.32 Å². The van der Waals surface area contributed by atoms with E-state index in [0.717, 1.165) is 48.4 Å². The smallest absolute Gasteiger partial charge is 0.312 e. The Hall–Kier alpha value is -1.30. The summed E-state index contributed by atoms with van der Waals surface area (Å²) in [7, 11) is 0. The molecular formula is C13H17F3N2O. The standard InChI is InChI=1S/C13H17F3N2O/c14-13(15,16)11-6-3-7-12(19)18(11)9-8-17-10-4-1-2-5-10/h3,6-7,10,17H,1-2,4-5,8-9H2. The van der Waals surface area contributed by atoms with Gasteiger partial charge in [-0.25, -0.2) is 0 Å². The van der Waals surface area contributed by atoms with Crippen LogP contribution in [-0.4, -0.2) is 17.2 Å². The number of rotatable bonds is 4. The van der Waals surface area contributed by atoms with Crippen molar-refractivity contribution < 1.29 is 13.2 Å². The van der Waals surface area contributed by atoms with Crippen molar-refractivity contribution in [2.24, 2.45) is 0 Å². The maximum absolute atomic E-state index is 12.8. The molecule has 2 rings (SSSR count). The highest BCUT2D eigenvalue weighted by Crippen LogP contribution is 2.28. The summed E-state index contributed by atoms with van der Waals surface area (Å²) >= 11 is 0. The number of nitrogens with zero attached hydrogens (tertiary/aromatic N) is 1. The fraction of sp³-hybridized carbons (Fsp3) is 0.615. The van der Waals surface area contributed by atoms with Gasteiger partial charge in [-0.3, -0.25) is 4.79 Å². The molecule has 1 aliphatic carbocycles. The third kappa shape index (κ3) is 3.59. The average molecular weight is 274 g/mol. The van der Waals surface area contributed by atoms with E-state index in [1.54, 1.807) is 0 Å². The van der Waals surface area contributed by atoms with Gasteiger partial charge in [0.15, 0.2) is 0 Å². The Balaban J connectivity index is 2.04. The number of hydrogen-bond acceptors (Lipinski definition) is 2. The SMILES string of the molecule is O=c1cccc(C(F)(F)F)n1CCNC1CCCC1. The van der Waals surface area contributed by atoms with Gasteiger partial charge in [0, 0.05) is 25.2 Å². The lowest BCUT2D eigenvalue weighted by atomic mass is 10.2. The van der Waals surface area contributed by atoms with E-state index in [0.29, 0.717) is 12.6 Å². The predicted molar refractivity (Wildman–Crippen MR) is 66.0 cm³/mol. The molecule has 0 aromatic carbocycles. The second-order valence-corrected chi connectivity index (χ2v) is 4.83. The third-order valence-electron chi connectivity index (χ3n) is 3.46. The molecule has 106 valence electrons. The average Bonchev–Trinajstić information content (AvgIpc) is 2.82. The highest BCUT2D eigenvalue weighted by atomic mass is 19.4. The monoisotopic (exact) mass is 274 g/mol. The van der Waals surface area contributed by atoms with Gasteiger partial charge in [-0.2, -0.15) is 13.2 Å². The van der Waals surface area contributed by atoms with E-state index in [1.165, 1.54) is 0 Å². The Bertz CT molecular complexity index is 476. The largest absolute Gasteiger partial charge is 0.431 e. The molecular weight excluding hydrogens is 257 g/mol. The van der Waals surface area contributed by atoms with E-state index < -0.39 is 17.4 Å². The molecule has 3 nitrogen and oxygen atoms in total. The first-order chi connectivity index (χ1) is 8.98. The van der Waals surface area contributed by atoms with Crippen molar-refractivity contribution in [1.29, 1.82) is 0 Å². The van der Waals surface area contributed by atoms with Crippen LogP contribution in [-0.2, 0) is 12.7 Å². The van der Waals surface area contributed by atoms with Crippen LogP contribution in [0.25, 0.3) is 0 Å². The highest BCUT2D eigenvalue weighted by Gasteiger charge is 2.34. The van der Waals surface area contributed by atoms with Gasteiger partial charge in [0.2, 0.25) is 0 Å². The van der Waals surface area contributed by atoms with E-state index in [1.807, 2.05) is 0 Å². The Kier molecular flexibility index (Phi) is 4.29. The Labute approximate surface area is 109 Å². The van der Waals surface area contributed by atoms with Crippen LogP contribution >= 0.6 is 0 Å². The summed E-state index contributed by atoms with van der Waals surface area (Å²) in [5.41, 5.74) is -1.49. The van der Waals surface area contributed by atoms with Crippen molar-refractivity contribution in [2.45, 2.75) is 44.4 Å². The number of aromatic nitrogens is 1. The van der Waals surface area contributed by atoms with Crippen molar-refractivity contribution in [2.75, 3.05) is 6.54 Å². The molecule has 0 aliphatic heterocycles. The highest BCUT2D eigenvalue weighted by molar-refractivity contribution is 5.10. The summed E-state index contributed by atoms with van der Waals surface area (Å²) in [4.78, 5) is 11.5. The summed E-state index contributed by atoms with van der Waals surface area (Å²) in [6.07, 6.45) is -0.0348. The molecule has 1 N–H and O–H groups in total. The lowest BCUT2D eigenvalue weighted by Crippen LogP contribution is -2.34. The Morgan fingerprint density at radius 2 is 1.95 bits per heavy atom. The van der Waals surface area contributed by atoms with Gasteiger partial charge < -0.3 is 9.88 Å². The molecule has 0 spiro atoms. The minimum Gasteiger partial charge on any atom is -0.312 e. The van der Waals surface area contributed by atoms with Crippen LogP contribution in [0.2, 0.25) is 0 Å². The molecule has 1 heterocycles. The van der Waals surface area contributed by atoms with Gasteiger partial charge in [0.25, 0.3) is 5.56 Å². The molecule has 1 aromatic rings. The van der Waals surface area contributed by atoms with Gasteiger partial charge in [0.1, 0.15) is 5.69 Å². The summed E-state index contributed by atoms with van der Waals surface area (Å²) in [5.74, 6) is 0. The zero-order chi connectivity index (χ0) is 13.9. The predicted octanol–water partition coefficient (Wildman–Crippen LogP) is 2.40. The van der Waals surface area contributed by atoms with Gasteiger partial charge in [-0.05, 0) is 18.9 Å². The first kappa shape index (κ1) is 14.1. The Morgan fingerprint density at radius 1 is 1.26 bits per heavy atom. The van der Waals surface area contributed by atoms with Crippen molar-refractivity contribution >= 4 is 0 Å². The molecule has 1 aromatic heterocycles. The Morgan fingerprint density at radius 3 is 2.58 bits per heavy atom. The van der Waals surface area contributed by atoms with Crippen LogP contribution in [0.1, 0.15) is 31.4 Å². The van der Waals surface area contributed by atoms with Crippen molar-refractivity contribution in [3.05, 3.63) is 34.2 Å². The van der Waals surface area contributed by atoms with Crippen molar-refractivity contribution in [3.8, 4) is 0 Å². The zero-order valence-electron chi connectivity index (χ0n) is 10.5. The summed E-state index contributed by atoms with van der Waals surface area (Å²) < 4.78 is 39.1. The minimum absolute atomic E-state index is 0.0466. The van der Waals surface area contributed by atoms with Crippen molar-refractivity contribution in [1.82, 2.24) is 9.88 Å². The molecule has 0 unspecified atom stereocenters. The van der Waals surface area contributed by atoms with E-state index in [4.69, 9.17) is 0 Å². The van der Waals surface area contributed by atoms with Crippen LogP contribution in [0, 0.1) is 0 Å². The fourth-order valence-electron chi connectivity index (χ4n) is 2.51. The molecule has 1 aliphatic rings. The van der Waals surface area contributed by atoms with Crippen molar-refractivity contribution in [3.63, 3.8) is 0 Å². The molecule has 6 heteroatoms. The normalized spacial score (nSPS) is 17.0. The topological polar surface area (TPSA) is 34.0 Å². The fourth-order valence-corrected chi connectivity index (χ4v) is 2.51. The second-order valence-electron chi connectivity index (χ2n) is 4.83. The number of halogens is 3. The zero-order valence-corrected chi connectivity index (χ0v) is 10.5. The summed E-state index contributed by atoms with van der Waals surface area (Å²) in [6.45, 7) is 0.433. The van der Waals surface area contributed by atoms with Gasteiger partial charge in [0.05, 0.1) is 0 Å². The molecule has 0 saturated heterocycles. The molecule has 0 bridgehead atoms. The van der Waals surface area contributed by atoms with Gasteiger partial charge >= 0.3 is 6.18 Å². The molecule has 1 saturated carbocycles. The molecule has 1 fully saturated rings. The molecule has 0 atom stereocenters. The quantitative estimate of drug-likeness (QED) is 0.914. The number of hydrogen-bond donors (Lipinski definition) is 1. The van der Waals surface area contributed by atoms with Crippen LogP contribution in [0.15, 0.2) is 23.0 Å². The van der Waals surface area contributed by atoms with E-state index in [-0.39, 0.29) is 6.54 Å². The van der Waals surface area contributed by atoms with Gasteiger partial charge in [-0.1, -0.05) is 18.9 Å². The van der Waals surface area contributed by atoms with Crippen LogP contribution in [0.3, 0.4) is 0 Å². The number of nitrogens with one attached hydrogen (secondary N) is 1. The van der Waals surface area contributed by atoms with Crippen LogP contribution < -0.4 is 10.9 Å². The first-order valence-electron chi connectivity index (χ1n) is 6.49. The van der Waals surface area contributed by atoms with Crippen LogP contribution in [0.4, 0.5) is 13.2 Å². The summed E-state index contributed by atoms with van der Waals surface area (Å²) in [5, 5.41) is 3.21. The number of alkyl halides is 3. The summed E-state index contributed by atoms with van der Waals surface area (Å²) in [6, 6.07) is 3.63. The lowest BCUT2D eigenvalue weighted by molar-refractivity contribution is -0.144. The number of pyridine rings is 1. The van der Waals surface area contributed by atoms with Gasteiger partial charge in [-0.15, -0.1) is 0 Å². The second kappa shape index (κ2) is 5.77.